The van der Waals surface area contributed by atoms with E-state index in [1.807, 2.05) is 18.2 Å². The lowest BCUT2D eigenvalue weighted by molar-refractivity contribution is -0.145. The number of amides is 1. The van der Waals surface area contributed by atoms with Crippen molar-refractivity contribution in [3.8, 4) is 5.75 Å². The number of fused-ring (bicyclic) bond motifs is 1. The van der Waals surface area contributed by atoms with E-state index in [9.17, 15) is 9.59 Å². The van der Waals surface area contributed by atoms with Crippen molar-refractivity contribution < 1.29 is 19.4 Å². The number of hydrogen-bond donors (Lipinski definition) is 1. The molecular weight excluding hydrogens is 270 g/mol. The Morgan fingerprint density at radius 2 is 2.24 bits per heavy atom. The largest absolute Gasteiger partial charge is 0.493 e. The minimum atomic E-state index is -0.804. The molecule has 0 radical (unpaired) electrons. The van der Waals surface area contributed by atoms with Gasteiger partial charge in [-0.2, -0.15) is 0 Å². The van der Waals surface area contributed by atoms with E-state index in [4.69, 9.17) is 9.84 Å². The van der Waals surface area contributed by atoms with Crippen molar-refractivity contribution in [2.75, 3.05) is 19.7 Å². The second-order valence-electron chi connectivity index (χ2n) is 5.73. The number of carboxylic acid groups (broad SMARTS) is 1. The molecule has 1 saturated heterocycles. The molecule has 1 unspecified atom stereocenters. The highest BCUT2D eigenvalue weighted by molar-refractivity contribution is 5.80. The van der Waals surface area contributed by atoms with Gasteiger partial charge in [0.05, 0.1) is 18.9 Å². The minimum Gasteiger partial charge on any atom is -0.493 e. The highest BCUT2D eigenvalue weighted by Gasteiger charge is 2.28. The van der Waals surface area contributed by atoms with Crippen LogP contribution in [0.2, 0.25) is 0 Å². The SMILES string of the molecule is O=C(O)C1CCCN(C(=O)Cc2ccc3c(c2)CCO3)C1. The number of hydrogen-bond acceptors (Lipinski definition) is 3. The topological polar surface area (TPSA) is 66.8 Å². The van der Waals surface area contributed by atoms with Crippen molar-refractivity contribution in [2.45, 2.75) is 25.7 Å². The molecule has 3 rings (SSSR count). The van der Waals surface area contributed by atoms with Gasteiger partial charge in [-0.1, -0.05) is 12.1 Å². The number of carbonyl (C=O) groups excluding carboxylic acids is 1. The molecule has 5 heteroatoms. The van der Waals surface area contributed by atoms with Crippen LogP contribution in [0.3, 0.4) is 0 Å². The standard InChI is InChI=1S/C16H19NO4/c18-15(17-6-1-2-13(10-17)16(19)20)9-11-3-4-14-12(8-11)5-7-21-14/h3-4,8,13H,1-2,5-7,9-10H2,(H,19,20). The van der Waals surface area contributed by atoms with Crippen LogP contribution in [0.25, 0.3) is 0 Å². The van der Waals surface area contributed by atoms with Gasteiger partial charge >= 0.3 is 5.97 Å². The fourth-order valence-electron chi connectivity index (χ4n) is 3.04. The van der Waals surface area contributed by atoms with Crippen LogP contribution in [-0.4, -0.2) is 41.6 Å². The zero-order valence-electron chi connectivity index (χ0n) is 11.9. The van der Waals surface area contributed by atoms with Crippen molar-refractivity contribution in [1.82, 2.24) is 4.90 Å². The van der Waals surface area contributed by atoms with E-state index in [0.29, 0.717) is 32.5 Å². The maximum atomic E-state index is 12.3. The lowest BCUT2D eigenvalue weighted by atomic mass is 9.97. The van der Waals surface area contributed by atoms with Crippen molar-refractivity contribution in [2.24, 2.45) is 5.92 Å². The van der Waals surface area contributed by atoms with Gasteiger partial charge in [0.1, 0.15) is 5.75 Å². The van der Waals surface area contributed by atoms with Crippen LogP contribution in [-0.2, 0) is 22.4 Å². The molecule has 21 heavy (non-hydrogen) atoms. The number of benzene rings is 1. The zero-order valence-corrected chi connectivity index (χ0v) is 11.9. The molecule has 1 atom stereocenters. The average molecular weight is 289 g/mol. The number of piperidine rings is 1. The maximum Gasteiger partial charge on any atom is 0.308 e. The Kier molecular flexibility index (Phi) is 3.82. The summed E-state index contributed by atoms with van der Waals surface area (Å²) in [6, 6.07) is 5.86. The van der Waals surface area contributed by atoms with Gasteiger partial charge in [-0.05, 0) is 30.0 Å². The van der Waals surface area contributed by atoms with Crippen LogP contribution < -0.4 is 4.74 Å². The normalized spacial score (nSPS) is 20.8. The van der Waals surface area contributed by atoms with Gasteiger partial charge in [0.15, 0.2) is 0 Å². The maximum absolute atomic E-state index is 12.3. The number of aliphatic carboxylic acids is 1. The minimum absolute atomic E-state index is 0.0137. The molecule has 1 aromatic rings. The summed E-state index contributed by atoms with van der Waals surface area (Å²) in [6.45, 7) is 1.71. The van der Waals surface area contributed by atoms with Crippen LogP contribution in [0.5, 0.6) is 5.75 Å². The van der Waals surface area contributed by atoms with Gasteiger partial charge in [0.2, 0.25) is 5.91 Å². The fraction of sp³-hybridized carbons (Fsp3) is 0.500. The number of rotatable bonds is 3. The average Bonchev–Trinajstić information content (AvgIpc) is 2.95. The Bertz CT molecular complexity index is 569. The second-order valence-corrected chi connectivity index (χ2v) is 5.73. The van der Waals surface area contributed by atoms with Crippen LogP contribution in [0.4, 0.5) is 0 Å². The van der Waals surface area contributed by atoms with E-state index in [0.717, 1.165) is 29.7 Å². The van der Waals surface area contributed by atoms with Crippen molar-refractivity contribution >= 4 is 11.9 Å². The van der Waals surface area contributed by atoms with Gasteiger partial charge in [-0.25, -0.2) is 0 Å². The van der Waals surface area contributed by atoms with Gasteiger partial charge in [0.25, 0.3) is 0 Å². The van der Waals surface area contributed by atoms with E-state index in [1.54, 1.807) is 4.90 Å². The quantitative estimate of drug-likeness (QED) is 0.915. The molecule has 5 nitrogen and oxygen atoms in total. The van der Waals surface area contributed by atoms with Crippen molar-refractivity contribution in [1.29, 1.82) is 0 Å². The molecule has 1 fully saturated rings. The number of likely N-dealkylation sites (tertiary alicyclic amines) is 1. The molecule has 0 aliphatic carbocycles. The van der Waals surface area contributed by atoms with Crippen LogP contribution in [0, 0.1) is 5.92 Å². The monoisotopic (exact) mass is 289 g/mol. The third kappa shape index (κ3) is 3.01. The third-order valence-corrected chi connectivity index (χ3v) is 4.23. The molecular formula is C16H19NO4. The van der Waals surface area contributed by atoms with E-state index in [-0.39, 0.29) is 5.91 Å². The molecule has 2 aliphatic rings. The highest BCUT2D eigenvalue weighted by atomic mass is 16.5. The van der Waals surface area contributed by atoms with Gasteiger partial charge in [-0.15, -0.1) is 0 Å². The van der Waals surface area contributed by atoms with Crippen LogP contribution >= 0.6 is 0 Å². The summed E-state index contributed by atoms with van der Waals surface area (Å²) in [7, 11) is 0. The lowest BCUT2D eigenvalue weighted by Gasteiger charge is -2.30. The molecule has 1 aromatic carbocycles. The summed E-state index contributed by atoms with van der Waals surface area (Å²) >= 11 is 0. The molecule has 0 aromatic heterocycles. The van der Waals surface area contributed by atoms with Crippen LogP contribution in [0.1, 0.15) is 24.0 Å². The zero-order chi connectivity index (χ0) is 14.8. The molecule has 1 N–H and O–H groups in total. The molecule has 1 amide bonds. The van der Waals surface area contributed by atoms with Crippen molar-refractivity contribution in [3.63, 3.8) is 0 Å². The first kappa shape index (κ1) is 13.9. The predicted octanol–water partition coefficient (Wildman–Crippen LogP) is 1.49. The lowest BCUT2D eigenvalue weighted by Crippen LogP contribution is -2.43. The van der Waals surface area contributed by atoms with Gasteiger partial charge in [-0.3, -0.25) is 9.59 Å². The predicted molar refractivity (Wildman–Crippen MR) is 76.3 cm³/mol. The first-order valence-electron chi connectivity index (χ1n) is 7.38. The Balaban J connectivity index is 1.64. The molecule has 112 valence electrons. The fourth-order valence-corrected chi connectivity index (χ4v) is 3.04. The molecule has 0 bridgehead atoms. The summed E-state index contributed by atoms with van der Waals surface area (Å²) in [6.07, 6.45) is 2.65. The summed E-state index contributed by atoms with van der Waals surface area (Å²) < 4.78 is 5.45. The highest BCUT2D eigenvalue weighted by Crippen LogP contribution is 2.26. The van der Waals surface area contributed by atoms with Crippen molar-refractivity contribution in [3.05, 3.63) is 29.3 Å². The number of ether oxygens (including phenoxy) is 1. The van der Waals surface area contributed by atoms with E-state index < -0.39 is 11.9 Å². The molecule has 0 saturated carbocycles. The first-order chi connectivity index (χ1) is 10.1. The van der Waals surface area contributed by atoms with E-state index in [1.165, 1.54) is 0 Å². The Morgan fingerprint density at radius 3 is 3.05 bits per heavy atom. The van der Waals surface area contributed by atoms with Crippen LogP contribution in [0.15, 0.2) is 18.2 Å². The van der Waals surface area contributed by atoms with E-state index >= 15 is 0 Å². The summed E-state index contributed by atoms with van der Waals surface area (Å²) in [4.78, 5) is 25.1. The Labute approximate surface area is 123 Å². The molecule has 2 heterocycles. The van der Waals surface area contributed by atoms with Gasteiger partial charge in [0, 0.05) is 19.5 Å². The smallest absolute Gasteiger partial charge is 0.308 e. The third-order valence-electron chi connectivity index (χ3n) is 4.23. The number of carbonyl (C=O) groups is 2. The summed E-state index contributed by atoms with van der Waals surface area (Å²) in [5, 5.41) is 9.08. The summed E-state index contributed by atoms with van der Waals surface area (Å²) in [5.41, 5.74) is 2.13. The molecule has 0 spiro atoms. The van der Waals surface area contributed by atoms with Gasteiger partial charge < -0.3 is 14.7 Å². The molecule has 2 aliphatic heterocycles. The number of nitrogens with zero attached hydrogens (tertiary/aromatic N) is 1. The van der Waals surface area contributed by atoms with E-state index in [2.05, 4.69) is 0 Å². The Morgan fingerprint density at radius 1 is 1.38 bits per heavy atom. The first-order valence-corrected chi connectivity index (χ1v) is 7.38. The summed E-state index contributed by atoms with van der Waals surface area (Å²) in [5.74, 6) is -0.298. The Hall–Kier alpha value is -2.04. The second kappa shape index (κ2) is 5.76. The number of carboxylic acids is 1.